The van der Waals surface area contributed by atoms with Gasteiger partial charge in [0.05, 0.1) is 10.7 Å². The molecule has 1 heterocycles. The normalized spacial score (nSPS) is 10.5. The van der Waals surface area contributed by atoms with E-state index in [9.17, 15) is 9.90 Å². The molecule has 0 atom stereocenters. The molecule has 0 fully saturated rings. The molecule has 0 saturated heterocycles. The third kappa shape index (κ3) is 2.56. The number of aryl methyl sites for hydroxylation is 3. The van der Waals surface area contributed by atoms with Gasteiger partial charge in [-0.25, -0.2) is 9.48 Å². The summed E-state index contributed by atoms with van der Waals surface area (Å²) in [6.07, 6.45) is 0. The minimum absolute atomic E-state index is 0.0409. The molecule has 2 rings (SSSR count). The number of hydrogen-bond donors (Lipinski definition) is 1. The zero-order valence-electron chi connectivity index (χ0n) is 10.8. The largest absolute Gasteiger partial charge is 0.477 e. The maximum absolute atomic E-state index is 11.2. The maximum atomic E-state index is 11.2. The Labute approximate surface area is 115 Å². The summed E-state index contributed by atoms with van der Waals surface area (Å²) in [6, 6.07) is 5.29. The number of carbonyl (C=O) groups is 1. The number of ether oxygens (including phenoxy) is 1. The molecule has 2 aromatic rings. The van der Waals surface area contributed by atoms with Gasteiger partial charge in [-0.1, -0.05) is 17.7 Å². The zero-order valence-corrected chi connectivity index (χ0v) is 11.5. The van der Waals surface area contributed by atoms with Gasteiger partial charge in [0.15, 0.2) is 0 Å². The maximum Gasteiger partial charge on any atom is 0.343 e. The lowest BCUT2D eigenvalue weighted by Gasteiger charge is -2.09. The Morgan fingerprint density at radius 2 is 2.11 bits per heavy atom. The molecular formula is C13H13ClN2O3. The predicted molar refractivity (Wildman–Crippen MR) is 71.2 cm³/mol. The molecule has 0 aliphatic carbocycles. The van der Waals surface area contributed by atoms with E-state index in [1.54, 1.807) is 26.1 Å². The standard InChI is InChI=1S/C13H13ClN2O3/c1-7-4-5-10(9(14)6-7)19-12-11(13(17)18)8(2)15-16(12)3/h4-6H,1-3H3,(H,17,18). The lowest BCUT2D eigenvalue weighted by molar-refractivity contribution is 0.0693. The average molecular weight is 281 g/mol. The molecule has 1 aromatic carbocycles. The summed E-state index contributed by atoms with van der Waals surface area (Å²) in [5.74, 6) is -0.516. The summed E-state index contributed by atoms with van der Waals surface area (Å²) in [6.45, 7) is 3.53. The Morgan fingerprint density at radius 3 is 2.68 bits per heavy atom. The highest BCUT2D eigenvalue weighted by Gasteiger charge is 2.22. The van der Waals surface area contributed by atoms with Crippen molar-refractivity contribution >= 4 is 17.6 Å². The molecule has 5 nitrogen and oxygen atoms in total. The molecule has 0 aliphatic heterocycles. The van der Waals surface area contributed by atoms with E-state index >= 15 is 0 Å². The van der Waals surface area contributed by atoms with Crippen LogP contribution in [-0.4, -0.2) is 20.9 Å². The van der Waals surface area contributed by atoms with E-state index in [-0.39, 0.29) is 11.4 Å². The lowest BCUT2D eigenvalue weighted by Crippen LogP contribution is -2.02. The molecule has 1 aromatic heterocycles. The third-order valence-electron chi connectivity index (χ3n) is 2.68. The fraction of sp³-hybridized carbons (Fsp3) is 0.231. The summed E-state index contributed by atoms with van der Waals surface area (Å²) < 4.78 is 6.98. The summed E-state index contributed by atoms with van der Waals surface area (Å²) >= 11 is 6.07. The van der Waals surface area contributed by atoms with Gasteiger partial charge in [0.2, 0.25) is 5.88 Å². The number of benzene rings is 1. The van der Waals surface area contributed by atoms with Gasteiger partial charge in [-0.05, 0) is 31.5 Å². The van der Waals surface area contributed by atoms with Gasteiger partial charge >= 0.3 is 5.97 Å². The number of aromatic carboxylic acids is 1. The Balaban J connectivity index is 2.46. The molecular weight excluding hydrogens is 268 g/mol. The summed E-state index contributed by atoms with van der Waals surface area (Å²) in [7, 11) is 1.62. The molecule has 100 valence electrons. The van der Waals surface area contributed by atoms with E-state index in [0.717, 1.165) is 5.56 Å². The molecule has 0 amide bonds. The molecule has 0 saturated carbocycles. The molecule has 0 radical (unpaired) electrons. The zero-order chi connectivity index (χ0) is 14.2. The minimum atomic E-state index is -1.08. The number of carboxylic acids is 1. The smallest absolute Gasteiger partial charge is 0.343 e. The molecule has 0 spiro atoms. The van der Waals surface area contributed by atoms with Gasteiger partial charge in [0.1, 0.15) is 11.3 Å². The second-order valence-corrected chi connectivity index (χ2v) is 4.64. The Kier molecular flexibility index (Phi) is 3.48. The van der Waals surface area contributed by atoms with Crippen molar-refractivity contribution in [2.45, 2.75) is 13.8 Å². The van der Waals surface area contributed by atoms with E-state index < -0.39 is 5.97 Å². The SMILES string of the molecule is Cc1ccc(Oc2c(C(=O)O)c(C)nn2C)c(Cl)c1. The number of halogens is 1. The van der Waals surface area contributed by atoms with Crippen molar-refractivity contribution < 1.29 is 14.6 Å². The number of rotatable bonds is 3. The van der Waals surface area contributed by atoms with Crippen LogP contribution in [0.1, 0.15) is 21.6 Å². The van der Waals surface area contributed by atoms with Gasteiger partial charge < -0.3 is 9.84 Å². The van der Waals surface area contributed by atoms with Crippen molar-refractivity contribution in [1.29, 1.82) is 0 Å². The van der Waals surface area contributed by atoms with Crippen LogP contribution in [0.3, 0.4) is 0 Å². The summed E-state index contributed by atoms with van der Waals surface area (Å²) in [5.41, 5.74) is 1.43. The van der Waals surface area contributed by atoms with Crippen LogP contribution in [0, 0.1) is 13.8 Å². The van der Waals surface area contributed by atoms with E-state index in [2.05, 4.69) is 5.10 Å². The average Bonchev–Trinajstić information content (AvgIpc) is 2.57. The highest BCUT2D eigenvalue weighted by Crippen LogP contribution is 2.32. The second kappa shape index (κ2) is 4.93. The van der Waals surface area contributed by atoms with Crippen molar-refractivity contribution in [3.05, 3.63) is 40.0 Å². The highest BCUT2D eigenvalue weighted by atomic mass is 35.5. The van der Waals surface area contributed by atoms with Crippen LogP contribution in [-0.2, 0) is 7.05 Å². The van der Waals surface area contributed by atoms with Crippen LogP contribution in [0.5, 0.6) is 11.6 Å². The first-order chi connectivity index (χ1) is 8.90. The predicted octanol–water partition coefficient (Wildman–Crippen LogP) is 3.18. The second-order valence-electron chi connectivity index (χ2n) is 4.23. The van der Waals surface area contributed by atoms with Crippen LogP contribution in [0.4, 0.5) is 0 Å². The molecule has 1 N–H and O–H groups in total. The molecule has 0 aliphatic rings. The third-order valence-corrected chi connectivity index (χ3v) is 2.97. The van der Waals surface area contributed by atoms with Gasteiger partial charge in [-0.3, -0.25) is 0 Å². The Bertz CT molecular complexity index is 650. The van der Waals surface area contributed by atoms with Crippen LogP contribution in [0.15, 0.2) is 18.2 Å². The first-order valence-corrected chi connectivity index (χ1v) is 5.99. The number of nitrogens with zero attached hydrogens (tertiary/aromatic N) is 2. The van der Waals surface area contributed by atoms with Crippen LogP contribution in [0.25, 0.3) is 0 Å². The van der Waals surface area contributed by atoms with Crippen LogP contribution >= 0.6 is 11.6 Å². The summed E-state index contributed by atoms with van der Waals surface area (Å²) in [5, 5.41) is 13.7. The topological polar surface area (TPSA) is 64.3 Å². The number of carboxylic acid groups (broad SMARTS) is 1. The minimum Gasteiger partial charge on any atom is -0.477 e. The van der Waals surface area contributed by atoms with Crippen molar-refractivity contribution in [3.8, 4) is 11.6 Å². The van der Waals surface area contributed by atoms with Crippen molar-refractivity contribution in [3.63, 3.8) is 0 Å². The highest BCUT2D eigenvalue weighted by molar-refractivity contribution is 6.32. The molecule has 0 unspecified atom stereocenters. The van der Waals surface area contributed by atoms with Crippen LogP contribution < -0.4 is 4.74 Å². The van der Waals surface area contributed by atoms with E-state index in [1.807, 2.05) is 13.0 Å². The Hall–Kier alpha value is -2.01. The molecule has 0 bridgehead atoms. The Morgan fingerprint density at radius 1 is 1.42 bits per heavy atom. The van der Waals surface area contributed by atoms with Gasteiger partial charge in [0, 0.05) is 7.05 Å². The fourth-order valence-corrected chi connectivity index (χ4v) is 2.07. The van der Waals surface area contributed by atoms with Gasteiger partial charge in [0.25, 0.3) is 0 Å². The number of hydrogen-bond acceptors (Lipinski definition) is 3. The first-order valence-electron chi connectivity index (χ1n) is 5.61. The first kappa shape index (κ1) is 13.4. The quantitative estimate of drug-likeness (QED) is 0.938. The van der Waals surface area contributed by atoms with Crippen LogP contribution in [0.2, 0.25) is 5.02 Å². The van der Waals surface area contributed by atoms with Gasteiger partial charge in [-0.15, -0.1) is 0 Å². The van der Waals surface area contributed by atoms with E-state index in [0.29, 0.717) is 16.5 Å². The van der Waals surface area contributed by atoms with E-state index in [4.69, 9.17) is 16.3 Å². The van der Waals surface area contributed by atoms with Crippen molar-refractivity contribution in [2.24, 2.45) is 7.05 Å². The van der Waals surface area contributed by atoms with Gasteiger partial charge in [-0.2, -0.15) is 5.10 Å². The van der Waals surface area contributed by atoms with Crippen molar-refractivity contribution in [1.82, 2.24) is 9.78 Å². The lowest BCUT2D eigenvalue weighted by atomic mass is 10.2. The fourth-order valence-electron chi connectivity index (χ4n) is 1.79. The number of aromatic nitrogens is 2. The van der Waals surface area contributed by atoms with E-state index in [1.165, 1.54) is 4.68 Å². The summed E-state index contributed by atoms with van der Waals surface area (Å²) in [4.78, 5) is 11.2. The molecule has 19 heavy (non-hydrogen) atoms. The van der Waals surface area contributed by atoms with Crippen molar-refractivity contribution in [2.75, 3.05) is 0 Å². The molecule has 6 heteroatoms. The monoisotopic (exact) mass is 280 g/mol.